The second kappa shape index (κ2) is 6.21. The number of hydrogen-bond acceptors (Lipinski definition) is 3. The Hall–Kier alpha value is -0.610. The molecular weight excluding hydrogens is 204 g/mol. The van der Waals surface area contributed by atoms with E-state index in [1.165, 1.54) is 6.42 Å². The minimum Gasteiger partial charge on any atom is -0.381 e. The van der Waals surface area contributed by atoms with E-state index in [1.54, 1.807) is 0 Å². The molecule has 2 rings (SSSR count). The average Bonchev–Trinajstić information content (AvgIpc) is 2.83. The number of ether oxygens (including phenoxy) is 1. The Bertz CT molecular complexity index is 221. The summed E-state index contributed by atoms with van der Waals surface area (Å²) < 4.78 is 5.31. The molecule has 0 aromatic carbocycles. The summed E-state index contributed by atoms with van der Waals surface area (Å²) in [5.41, 5.74) is 0. The monoisotopic (exact) mass is 226 g/mol. The van der Waals surface area contributed by atoms with E-state index < -0.39 is 0 Å². The fourth-order valence-electron chi connectivity index (χ4n) is 2.45. The maximum Gasteiger partial charge on any atom is 0.225 e. The standard InChI is InChI=1S/C12H22N2O2/c15-12(11-2-1-7-16-9-11)14-6-4-10-3-5-13-8-10/h10-11,13H,1-9H2,(H,14,15)/t10-,11+/m1/s1. The first-order valence-corrected chi connectivity index (χ1v) is 6.42. The van der Waals surface area contributed by atoms with Gasteiger partial charge in [-0.15, -0.1) is 0 Å². The van der Waals surface area contributed by atoms with Crippen LogP contribution in [0.2, 0.25) is 0 Å². The number of carbonyl (C=O) groups is 1. The van der Waals surface area contributed by atoms with E-state index in [0.717, 1.165) is 51.4 Å². The van der Waals surface area contributed by atoms with Gasteiger partial charge in [0.05, 0.1) is 12.5 Å². The van der Waals surface area contributed by atoms with Crippen molar-refractivity contribution in [2.75, 3.05) is 32.8 Å². The lowest BCUT2D eigenvalue weighted by atomic mass is 10.0. The molecule has 16 heavy (non-hydrogen) atoms. The highest BCUT2D eigenvalue weighted by molar-refractivity contribution is 5.78. The van der Waals surface area contributed by atoms with Crippen LogP contribution < -0.4 is 10.6 Å². The normalized spacial score (nSPS) is 30.2. The topological polar surface area (TPSA) is 50.4 Å². The highest BCUT2D eigenvalue weighted by Gasteiger charge is 2.21. The largest absolute Gasteiger partial charge is 0.381 e. The van der Waals surface area contributed by atoms with Gasteiger partial charge in [0, 0.05) is 13.2 Å². The first kappa shape index (κ1) is 11.9. The van der Waals surface area contributed by atoms with Gasteiger partial charge in [-0.3, -0.25) is 4.79 Å². The third-order valence-corrected chi connectivity index (χ3v) is 3.55. The predicted octanol–water partition coefficient (Wildman–Crippen LogP) is 0.529. The van der Waals surface area contributed by atoms with Crippen LogP contribution in [-0.2, 0) is 9.53 Å². The zero-order valence-electron chi connectivity index (χ0n) is 9.84. The molecule has 0 aromatic rings. The van der Waals surface area contributed by atoms with Crippen molar-refractivity contribution in [3.63, 3.8) is 0 Å². The number of carbonyl (C=O) groups excluding carboxylic acids is 1. The van der Waals surface area contributed by atoms with Crippen molar-refractivity contribution in [2.24, 2.45) is 11.8 Å². The molecule has 0 aliphatic carbocycles. The Labute approximate surface area is 97.1 Å². The van der Waals surface area contributed by atoms with Gasteiger partial charge in [-0.1, -0.05) is 0 Å². The molecule has 2 aliphatic rings. The van der Waals surface area contributed by atoms with Crippen LogP contribution in [0.3, 0.4) is 0 Å². The fourth-order valence-corrected chi connectivity index (χ4v) is 2.45. The van der Waals surface area contributed by atoms with Crippen molar-refractivity contribution in [3.05, 3.63) is 0 Å². The summed E-state index contributed by atoms with van der Waals surface area (Å²) in [4.78, 5) is 11.8. The molecule has 2 atom stereocenters. The number of rotatable bonds is 4. The van der Waals surface area contributed by atoms with Gasteiger partial charge in [0.25, 0.3) is 0 Å². The summed E-state index contributed by atoms with van der Waals surface area (Å²) >= 11 is 0. The van der Waals surface area contributed by atoms with Gasteiger partial charge in [-0.2, -0.15) is 0 Å². The molecule has 0 bridgehead atoms. The molecule has 2 saturated heterocycles. The van der Waals surface area contributed by atoms with Crippen LogP contribution in [0.1, 0.15) is 25.7 Å². The van der Waals surface area contributed by atoms with Crippen molar-refractivity contribution in [1.29, 1.82) is 0 Å². The Morgan fingerprint density at radius 1 is 1.44 bits per heavy atom. The van der Waals surface area contributed by atoms with Crippen molar-refractivity contribution in [1.82, 2.24) is 10.6 Å². The molecule has 2 heterocycles. The lowest BCUT2D eigenvalue weighted by molar-refractivity contribution is -0.128. The van der Waals surface area contributed by atoms with Gasteiger partial charge in [-0.05, 0) is 44.7 Å². The van der Waals surface area contributed by atoms with Crippen molar-refractivity contribution >= 4 is 5.91 Å². The molecule has 0 radical (unpaired) electrons. The van der Waals surface area contributed by atoms with Crippen molar-refractivity contribution < 1.29 is 9.53 Å². The van der Waals surface area contributed by atoms with Gasteiger partial charge in [0.15, 0.2) is 0 Å². The highest BCUT2D eigenvalue weighted by atomic mass is 16.5. The Kier molecular flexibility index (Phi) is 4.60. The zero-order chi connectivity index (χ0) is 11.2. The number of hydrogen-bond donors (Lipinski definition) is 2. The van der Waals surface area contributed by atoms with E-state index in [9.17, 15) is 4.79 Å². The molecular formula is C12H22N2O2. The SMILES string of the molecule is O=C(NCC[C@H]1CCNC1)[C@H]1CCCOC1. The second-order valence-corrected chi connectivity index (χ2v) is 4.85. The van der Waals surface area contributed by atoms with Crippen LogP contribution in [0.15, 0.2) is 0 Å². The van der Waals surface area contributed by atoms with Gasteiger partial charge >= 0.3 is 0 Å². The lowest BCUT2D eigenvalue weighted by Gasteiger charge is -2.21. The van der Waals surface area contributed by atoms with Gasteiger partial charge in [0.1, 0.15) is 0 Å². The Morgan fingerprint density at radius 2 is 2.38 bits per heavy atom. The predicted molar refractivity (Wildman–Crippen MR) is 62.1 cm³/mol. The molecule has 92 valence electrons. The van der Waals surface area contributed by atoms with E-state index >= 15 is 0 Å². The van der Waals surface area contributed by atoms with Crippen LogP contribution in [0.5, 0.6) is 0 Å². The zero-order valence-corrected chi connectivity index (χ0v) is 9.84. The minimum atomic E-state index is 0.0930. The molecule has 0 saturated carbocycles. The van der Waals surface area contributed by atoms with Crippen LogP contribution in [-0.4, -0.2) is 38.8 Å². The maximum atomic E-state index is 11.8. The molecule has 0 aromatic heterocycles. The summed E-state index contributed by atoms with van der Waals surface area (Å²) in [6, 6.07) is 0. The van der Waals surface area contributed by atoms with E-state index in [1.807, 2.05) is 0 Å². The molecule has 0 spiro atoms. The van der Waals surface area contributed by atoms with Crippen molar-refractivity contribution in [3.8, 4) is 0 Å². The molecule has 2 N–H and O–H groups in total. The van der Waals surface area contributed by atoms with Crippen molar-refractivity contribution in [2.45, 2.75) is 25.7 Å². The maximum absolute atomic E-state index is 11.8. The third kappa shape index (κ3) is 3.46. The molecule has 0 unspecified atom stereocenters. The number of nitrogens with one attached hydrogen (secondary N) is 2. The van der Waals surface area contributed by atoms with Gasteiger partial charge in [0.2, 0.25) is 5.91 Å². The summed E-state index contributed by atoms with van der Waals surface area (Å²) in [5, 5.41) is 6.37. The van der Waals surface area contributed by atoms with E-state index in [0.29, 0.717) is 6.61 Å². The third-order valence-electron chi connectivity index (χ3n) is 3.55. The average molecular weight is 226 g/mol. The quantitative estimate of drug-likeness (QED) is 0.735. The molecule has 4 heteroatoms. The first-order chi connectivity index (χ1) is 7.86. The molecule has 2 fully saturated rings. The van der Waals surface area contributed by atoms with Gasteiger partial charge < -0.3 is 15.4 Å². The minimum absolute atomic E-state index is 0.0930. The smallest absolute Gasteiger partial charge is 0.225 e. The Morgan fingerprint density at radius 3 is 3.06 bits per heavy atom. The summed E-state index contributed by atoms with van der Waals surface area (Å²) in [7, 11) is 0. The van der Waals surface area contributed by atoms with Crippen LogP contribution in [0.25, 0.3) is 0 Å². The summed E-state index contributed by atoms with van der Waals surface area (Å²) in [6.45, 7) is 4.49. The molecule has 1 amide bonds. The molecule has 4 nitrogen and oxygen atoms in total. The first-order valence-electron chi connectivity index (χ1n) is 6.42. The Balaban J connectivity index is 1.59. The lowest BCUT2D eigenvalue weighted by Crippen LogP contribution is -2.36. The van der Waals surface area contributed by atoms with Crippen LogP contribution in [0, 0.1) is 11.8 Å². The molecule has 2 aliphatic heterocycles. The summed E-state index contributed by atoms with van der Waals surface area (Å²) in [5.74, 6) is 1.03. The number of amides is 1. The second-order valence-electron chi connectivity index (χ2n) is 4.85. The van der Waals surface area contributed by atoms with Gasteiger partial charge in [-0.25, -0.2) is 0 Å². The van der Waals surface area contributed by atoms with E-state index in [-0.39, 0.29) is 11.8 Å². The summed E-state index contributed by atoms with van der Waals surface area (Å²) in [6.07, 6.45) is 4.36. The van der Waals surface area contributed by atoms with Crippen LogP contribution in [0.4, 0.5) is 0 Å². The van der Waals surface area contributed by atoms with Crippen LogP contribution >= 0.6 is 0 Å². The fraction of sp³-hybridized carbons (Fsp3) is 0.917. The highest BCUT2D eigenvalue weighted by Crippen LogP contribution is 2.14. The van der Waals surface area contributed by atoms with E-state index in [4.69, 9.17) is 4.74 Å². The van der Waals surface area contributed by atoms with E-state index in [2.05, 4.69) is 10.6 Å².